The van der Waals surface area contributed by atoms with E-state index in [4.69, 9.17) is 5.26 Å². The van der Waals surface area contributed by atoms with Gasteiger partial charge in [-0.05, 0) is 6.07 Å². The van der Waals surface area contributed by atoms with Crippen LogP contribution >= 0.6 is 0 Å². The predicted molar refractivity (Wildman–Crippen MR) is 42.0 cm³/mol. The van der Waals surface area contributed by atoms with Crippen molar-refractivity contribution in [1.82, 2.24) is 15.0 Å². The molecule has 2 aromatic heterocycles. The Labute approximate surface area is 68.5 Å². The molecular formula is C8H4N4. The third-order valence-electron chi connectivity index (χ3n) is 1.48. The summed E-state index contributed by atoms with van der Waals surface area (Å²) in [4.78, 5) is 11.7. The molecule has 4 nitrogen and oxygen atoms in total. The number of nitrogens with zero attached hydrogens (tertiary/aromatic N) is 4. The van der Waals surface area contributed by atoms with Crippen molar-refractivity contribution >= 4 is 10.9 Å². The number of hydrogen-bond donors (Lipinski definition) is 0. The summed E-state index contributed by atoms with van der Waals surface area (Å²) in [6.07, 6.45) is 4.89. The molecule has 0 N–H and O–H groups in total. The zero-order chi connectivity index (χ0) is 8.39. The zero-order valence-electron chi connectivity index (χ0n) is 6.10. The second-order valence-corrected chi connectivity index (χ2v) is 2.24. The SMILES string of the molecule is N#Cc1ncc2cnccc2n1. The van der Waals surface area contributed by atoms with Gasteiger partial charge in [-0.2, -0.15) is 5.26 Å². The predicted octanol–water partition coefficient (Wildman–Crippen LogP) is 0.896. The van der Waals surface area contributed by atoms with Gasteiger partial charge in [-0.1, -0.05) is 0 Å². The molecule has 0 radical (unpaired) electrons. The van der Waals surface area contributed by atoms with E-state index in [0.29, 0.717) is 0 Å². The van der Waals surface area contributed by atoms with Crippen LogP contribution in [0.1, 0.15) is 5.82 Å². The monoisotopic (exact) mass is 156 g/mol. The van der Waals surface area contributed by atoms with Gasteiger partial charge in [0.25, 0.3) is 0 Å². The fraction of sp³-hybridized carbons (Fsp3) is 0. The standard InChI is InChI=1S/C8H4N4/c9-3-8-11-5-6-4-10-2-1-7(6)12-8/h1-2,4-5H. The number of nitriles is 1. The van der Waals surface area contributed by atoms with Gasteiger partial charge < -0.3 is 0 Å². The molecule has 0 unspecified atom stereocenters. The molecule has 0 atom stereocenters. The molecule has 0 saturated carbocycles. The summed E-state index contributed by atoms with van der Waals surface area (Å²) in [6, 6.07) is 3.62. The number of pyridine rings is 1. The van der Waals surface area contributed by atoms with Gasteiger partial charge in [-0.3, -0.25) is 4.98 Å². The molecule has 0 aliphatic rings. The highest BCUT2D eigenvalue weighted by atomic mass is 14.9. The minimum absolute atomic E-state index is 0.189. The molecule has 56 valence electrons. The minimum atomic E-state index is 0.189. The topological polar surface area (TPSA) is 62.5 Å². The average molecular weight is 156 g/mol. The van der Waals surface area contributed by atoms with Crippen LogP contribution in [-0.2, 0) is 0 Å². The van der Waals surface area contributed by atoms with Crippen LogP contribution in [0.3, 0.4) is 0 Å². The average Bonchev–Trinajstić information content (AvgIpc) is 2.17. The van der Waals surface area contributed by atoms with Crippen LogP contribution in [0.5, 0.6) is 0 Å². The third-order valence-corrected chi connectivity index (χ3v) is 1.48. The van der Waals surface area contributed by atoms with Crippen LogP contribution < -0.4 is 0 Å². The van der Waals surface area contributed by atoms with Crippen LogP contribution in [0.15, 0.2) is 24.7 Å². The van der Waals surface area contributed by atoms with Gasteiger partial charge in [0.1, 0.15) is 6.07 Å². The Morgan fingerprint density at radius 1 is 1.33 bits per heavy atom. The fourth-order valence-electron chi connectivity index (χ4n) is 0.928. The fourth-order valence-corrected chi connectivity index (χ4v) is 0.928. The molecule has 0 aliphatic carbocycles. The van der Waals surface area contributed by atoms with Crippen molar-refractivity contribution in [3.63, 3.8) is 0 Å². The highest BCUT2D eigenvalue weighted by molar-refractivity contribution is 5.76. The van der Waals surface area contributed by atoms with E-state index in [0.717, 1.165) is 10.9 Å². The first-order valence-corrected chi connectivity index (χ1v) is 3.37. The maximum Gasteiger partial charge on any atom is 0.232 e. The van der Waals surface area contributed by atoms with Crippen molar-refractivity contribution in [3.05, 3.63) is 30.5 Å². The summed E-state index contributed by atoms with van der Waals surface area (Å²) in [5, 5.41) is 9.35. The van der Waals surface area contributed by atoms with Gasteiger partial charge in [-0.15, -0.1) is 0 Å². The van der Waals surface area contributed by atoms with Crippen molar-refractivity contribution in [3.8, 4) is 6.07 Å². The molecule has 0 saturated heterocycles. The molecule has 0 fully saturated rings. The van der Waals surface area contributed by atoms with Gasteiger partial charge in [0.2, 0.25) is 5.82 Å². The summed E-state index contributed by atoms with van der Waals surface area (Å²) in [5.74, 6) is 0.189. The maximum absolute atomic E-state index is 8.51. The summed E-state index contributed by atoms with van der Waals surface area (Å²) in [5.41, 5.74) is 0.747. The van der Waals surface area contributed by atoms with E-state index in [1.807, 2.05) is 6.07 Å². The number of aromatic nitrogens is 3. The highest BCUT2D eigenvalue weighted by Crippen LogP contribution is 2.06. The molecule has 0 bridgehead atoms. The quantitative estimate of drug-likeness (QED) is 0.568. The van der Waals surface area contributed by atoms with E-state index in [-0.39, 0.29) is 5.82 Å². The number of hydrogen-bond acceptors (Lipinski definition) is 4. The van der Waals surface area contributed by atoms with Crippen LogP contribution in [0, 0.1) is 11.3 Å². The lowest BCUT2D eigenvalue weighted by atomic mass is 10.3. The van der Waals surface area contributed by atoms with Crippen LogP contribution in [0.4, 0.5) is 0 Å². The Balaban J connectivity index is 2.78. The van der Waals surface area contributed by atoms with Gasteiger partial charge >= 0.3 is 0 Å². The van der Waals surface area contributed by atoms with Gasteiger partial charge in [0.05, 0.1) is 5.52 Å². The third kappa shape index (κ3) is 0.974. The van der Waals surface area contributed by atoms with E-state index in [9.17, 15) is 0 Å². The molecule has 12 heavy (non-hydrogen) atoms. The largest absolute Gasteiger partial charge is 0.264 e. The molecule has 2 aromatic rings. The lowest BCUT2D eigenvalue weighted by Gasteiger charge is -1.93. The summed E-state index contributed by atoms with van der Waals surface area (Å²) >= 11 is 0. The van der Waals surface area contributed by atoms with Crippen molar-refractivity contribution in [2.24, 2.45) is 0 Å². The first-order valence-electron chi connectivity index (χ1n) is 3.37. The lowest BCUT2D eigenvalue weighted by molar-refractivity contribution is 1.15. The van der Waals surface area contributed by atoms with Crippen LogP contribution in [-0.4, -0.2) is 15.0 Å². The molecule has 0 amide bonds. The maximum atomic E-state index is 8.51. The first kappa shape index (κ1) is 6.68. The van der Waals surface area contributed by atoms with Crippen molar-refractivity contribution in [2.45, 2.75) is 0 Å². The van der Waals surface area contributed by atoms with Gasteiger partial charge in [0.15, 0.2) is 0 Å². The van der Waals surface area contributed by atoms with Crippen molar-refractivity contribution < 1.29 is 0 Å². The molecule has 2 rings (SSSR count). The Kier molecular flexibility index (Phi) is 1.42. The van der Waals surface area contributed by atoms with E-state index < -0.39 is 0 Å². The first-order chi connectivity index (χ1) is 5.90. The molecule has 0 aromatic carbocycles. The minimum Gasteiger partial charge on any atom is -0.264 e. The molecule has 2 heterocycles. The summed E-state index contributed by atoms with van der Waals surface area (Å²) < 4.78 is 0. The Hall–Kier alpha value is -2.02. The van der Waals surface area contributed by atoms with Crippen molar-refractivity contribution in [2.75, 3.05) is 0 Å². The lowest BCUT2D eigenvalue weighted by Crippen LogP contribution is -1.88. The zero-order valence-corrected chi connectivity index (χ0v) is 6.10. The normalized spacial score (nSPS) is 9.58. The van der Waals surface area contributed by atoms with E-state index >= 15 is 0 Å². The van der Waals surface area contributed by atoms with E-state index in [1.54, 1.807) is 24.7 Å². The molecular weight excluding hydrogens is 152 g/mol. The summed E-state index contributed by atoms with van der Waals surface area (Å²) in [7, 11) is 0. The number of fused-ring (bicyclic) bond motifs is 1. The van der Waals surface area contributed by atoms with Gasteiger partial charge in [-0.25, -0.2) is 9.97 Å². The Bertz CT molecular complexity index is 458. The molecule has 0 spiro atoms. The molecule has 4 heteroatoms. The smallest absolute Gasteiger partial charge is 0.232 e. The van der Waals surface area contributed by atoms with Crippen molar-refractivity contribution in [1.29, 1.82) is 5.26 Å². The van der Waals surface area contributed by atoms with Gasteiger partial charge in [0, 0.05) is 24.0 Å². The second kappa shape index (κ2) is 2.55. The van der Waals surface area contributed by atoms with Crippen LogP contribution in [0.25, 0.3) is 10.9 Å². The summed E-state index contributed by atoms with van der Waals surface area (Å²) in [6.45, 7) is 0. The van der Waals surface area contributed by atoms with Crippen LogP contribution in [0.2, 0.25) is 0 Å². The molecule has 0 aliphatic heterocycles. The second-order valence-electron chi connectivity index (χ2n) is 2.24. The highest BCUT2D eigenvalue weighted by Gasteiger charge is 1.96. The van der Waals surface area contributed by atoms with E-state index in [2.05, 4.69) is 15.0 Å². The van der Waals surface area contributed by atoms with E-state index in [1.165, 1.54) is 0 Å². The Morgan fingerprint density at radius 2 is 2.25 bits per heavy atom. The Morgan fingerprint density at radius 3 is 3.08 bits per heavy atom. The number of rotatable bonds is 0.